The third-order valence-electron chi connectivity index (χ3n) is 6.14. The number of hydrogen-bond acceptors (Lipinski definition) is 4. The molecule has 0 amide bonds. The van der Waals surface area contributed by atoms with Gasteiger partial charge in [0.25, 0.3) is 0 Å². The van der Waals surface area contributed by atoms with Crippen molar-refractivity contribution in [1.29, 1.82) is 0 Å². The van der Waals surface area contributed by atoms with Gasteiger partial charge >= 0.3 is 0 Å². The summed E-state index contributed by atoms with van der Waals surface area (Å²) in [4.78, 5) is 9.25. The van der Waals surface area contributed by atoms with E-state index in [1.165, 1.54) is 5.56 Å². The van der Waals surface area contributed by atoms with Crippen molar-refractivity contribution in [3.8, 4) is 0 Å². The highest BCUT2D eigenvalue weighted by molar-refractivity contribution is 5.12. The van der Waals surface area contributed by atoms with Crippen LogP contribution in [0.15, 0.2) is 31.1 Å². The van der Waals surface area contributed by atoms with Crippen molar-refractivity contribution in [1.82, 2.24) is 29.1 Å². The molecule has 0 radical (unpaired) electrons. The molecule has 0 aromatic carbocycles. The van der Waals surface area contributed by atoms with E-state index >= 15 is 0 Å². The van der Waals surface area contributed by atoms with Gasteiger partial charge in [-0.25, -0.2) is 4.98 Å². The van der Waals surface area contributed by atoms with Gasteiger partial charge in [0.05, 0.1) is 24.6 Å². The molecule has 2 saturated heterocycles. The van der Waals surface area contributed by atoms with Gasteiger partial charge in [0, 0.05) is 55.8 Å². The van der Waals surface area contributed by atoms with Crippen molar-refractivity contribution >= 4 is 0 Å². The molecule has 142 valence electrons. The molecule has 26 heavy (non-hydrogen) atoms. The summed E-state index contributed by atoms with van der Waals surface area (Å²) in [5.41, 5.74) is 1.76. The fourth-order valence-electron chi connectivity index (χ4n) is 4.07. The van der Waals surface area contributed by atoms with Crippen molar-refractivity contribution in [3.05, 3.63) is 36.7 Å². The highest BCUT2D eigenvalue weighted by Gasteiger charge is 2.39. The van der Waals surface area contributed by atoms with Gasteiger partial charge < -0.3 is 4.57 Å². The van der Waals surface area contributed by atoms with E-state index in [1.807, 2.05) is 12.5 Å². The Morgan fingerprint density at radius 3 is 2.31 bits per heavy atom. The molecule has 0 atom stereocenters. The molecule has 2 aliphatic heterocycles. The predicted octanol–water partition coefficient (Wildman–Crippen LogP) is 2.61. The maximum absolute atomic E-state index is 4.66. The number of nitrogens with zero attached hydrogens (tertiary/aromatic N) is 6. The van der Waals surface area contributed by atoms with Crippen molar-refractivity contribution in [2.45, 2.75) is 64.2 Å². The first-order valence-electron chi connectivity index (χ1n) is 9.73. The van der Waals surface area contributed by atoms with E-state index in [2.05, 4.69) is 82.3 Å². The summed E-state index contributed by atoms with van der Waals surface area (Å²) in [5, 5.41) is 4.66. The number of likely N-dealkylation sites (tertiary alicyclic amines) is 2. The van der Waals surface area contributed by atoms with Gasteiger partial charge in [-0.2, -0.15) is 5.10 Å². The first kappa shape index (κ1) is 17.7. The number of hydrogen-bond donors (Lipinski definition) is 0. The first-order valence-corrected chi connectivity index (χ1v) is 9.73. The fraction of sp³-hybridized carbons (Fsp3) is 0.700. The summed E-state index contributed by atoms with van der Waals surface area (Å²) in [6.45, 7) is 15.9. The highest BCUT2D eigenvalue weighted by Crippen LogP contribution is 2.32. The molecule has 0 unspecified atom stereocenters. The Morgan fingerprint density at radius 2 is 1.69 bits per heavy atom. The van der Waals surface area contributed by atoms with Crippen molar-refractivity contribution in [2.24, 2.45) is 0 Å². The van der Waals surface area contributed by atoms with Crippen LogP contribution in [0.5, 0.6) is 0 Å². The Bertz CT molecular complexity index is 727. The largest absolute Gasteiger partial charge is 0.332 e. The average Bonchev–Trinajstić information content (AvgIpc) is 3.05. The first-order chi connectivity index (χ1) is 12.2. The quantitative estimate of drug-likeness (QED) is 0.826. The topological polar surface area (TPSA) is 42.1 Å². The Morgan fingerprint density at radius 1 is 1.00 bits per heavy atom. The lowest BCUT2D eigenvalue weighted by atomic mass is 9.90. The standard InChI is InChI=1S/C20H32N6/c1-19(2,3)24-13-18(14-24)26-10-16(9-22-26)8-20(4,5)25-11-17(12-25)23-7-6-21-15-23/h6-7,9-10,15,17-18H,8,11-14H2,1-5H3. The second-order valence-corrected chi connectivity index (χ2v) is 9.62. The van der Waals surface area contributed by atoms with E-state index in [0.29, 0.717) is 12.1 Å². The molecule has 2 fully saturated rings. The van der Waals surface area contributed by atoms with E-state index < -0.39 is 0 Å². The Labute approximate surface area is 156 Å². The van der Waals surface area contributed by atoms with Gasteiger partial charge in [0.1, 0.15) is 0 Å². The molecular formula is C20H32N6. The van der Waals surface area contributed by atoms with E-state index in [-0.39, 0.29) is 11.1 Å². The van der Waals surface area contributed by atoms with Crippen LogP contribution < -0.4 is 0 Å². The highest BCUT2D eigenvalue weighted by atomic mass is 15.4. The Balaban J connectivity index is 1.31. The lowest BCUT2D eigenvalue weighted by molar-refractivity contribution is 0.00960. The number of aromatic nitrogens is 4. The summed E-state index contributed by atoms with van der Waals surface area (Å²) in [7, 11) is 0. The normalized spacial score (nSPS) is 21.0. The minimum atomic E-state index is 0.155. The fourth-order valence-corrected chi connectivity index (χ4v) is 4.07. The predicted molar refractivity (Wildman–Crippen MR) is 103 cm³/mol. The zero-order chi connectivity index (χ0) is 18.5. The second kappa shape index (κ2) is 6.20. The maximum Gasteiger partial charge on any atom is 0.0949 e. The average molecular weight is 357 g/mol. The van der Waals surface area contributed by atoms with Crippen LogP contribution in [0.2, 0.25) is 0 Å². The van der Waals surface area contributed by atoms with Crippen LogP contribution >= 0.6 is 0 Å². The molecule has 0 N–H and O–H groups in total. The van der Waals surface area contributed by atoms with Crippen LogP contribution in [0.25, 0.3) is 0 Å². The van der Waals surface area contributed by atoms with Gasteiger partial charge in [-0.1, -0.05) is 0 Å². The molecule has 0 bridgehead atoms. The lowest BCUT2D eigenvalue weighted by Gasteiger charge is -2.49. The number of imidazole rings is 1. The van der Waals surface area contributed by atoms with E-state index in [9.17, 15) is 0 Å². The minimum absolute atomic E-state index is 0.155. The molecule has 4 rings (SSSR count). The molecule has 6 nitrogen and oxygen atoms in total. The summed E-state index contributed by atoms with van der Waals surface area (Å²) in [5.74, 6) is 0. The van der Waals surface area contributed by atoms with Gasteiger partial charge in [0.2, 0.25) is 0 Å². The SMILES string of the molecule is CC(C)(C)N1CC(n2cc(CC(C)(C)N3CC(n4ccnc4)C3)cn2)C1. The zero-order valence-corrected chi connectivity index (χ0v) is 16.8. The molecule has 0 aliphatic carbocycles. The van der Waals surface area contributed by atoms with Gasteiger partial charge in [-0.15, -0.1) is 0 Å². The summed E-state index contributed by atoms with van der Waals surface area (Å²) in [6.07, 6.45) is 11.2. The van der Waals surface area contributed by atoms with Crippen LogP contribution in [-0.2, 0) is 6.42 Å². The Hall–Kier alpha value is -1.66. The third-order valence-corrected chi connectivity index (χ3v) is 6.14. The van der Waals surface area contributed by atoms with E-state index in [1.54, 1.807) is 0 Å². The summed E-state index contributed by atoms with van der Waals surface area (Å²) < 4.78 is 4.40. The summed E-state index contributed by atoms with van der Waals surface area (Å²) >= 11 is 0. The van der Waals surface area contributed by atoms with E-state index in [4.69, 9.17) is 0 Å². The molecule has 2 aromatic rings. The van der Waals surface area contributed by atoms with Crippen molar-refractivity contribution < 1.29 is 0 Å². The zero-order valence-electron chi connectivity index (χ0n) is 16.8. The van der Waals surface area contributed by atoms with Gasteiger partial charge in [-0.3, -0.25) is 14.5 Å². The molecule has 0 spiro atoms. The lowest BCUT2D eigenvalue weighted by Crippen LogP contribution is -2.58. The third kappa shape index (κ3) is 3.32. The number of rotatable bonds is 5. The van der Waals surface area contributed by atoms with Crippen LogP contribution in [-0.4, -0.2) is 66.4 Å². The molecule has 6 heteroatoms. The van der Waals surface area contributed by atoms with Crippen LogP contribution in [0.4, 0.5) is 0 Å². The van der Waals surface area contributed by atoms with Crippen molar-refractivity contribution in [3.63, 3.8) is 0 Å². The van der Waals surface area contributed by atoms with Crippen LogP contribution in [0.3, 0.4) is 0 Å². The Kier molecular flexibility index (Phi) is 4.23. The second-order valence-electron chi connectivity index (χ2n) is 9.62. The van der Waals surface area contributed by atoms with Crippen LogP contribution in [0.1, 0.15) is 52.3 Å². The molecule has 4 heterocycles. The minimum Gasteiger partial charge on any atom is -0.332 e. The molecular weight excluding hydrogens is 324 g/mol. The van der Waals surface area contributed by atoms with Gasteiger partial charge in [0.15, 0.2) is 0 Å². The molecule has 2 aromatic heterocycles. The monoisotopic (exact) mass is 356 g/mol. The molecule has 0 saturated carbocycles. The van der Waals surface area contributed by atoms with Crippen molar-refractivity contribution in [2.75, 3.05) is 26.2 Å². The smallest absolute Gasteiger partial charge is 0.0949 e. The van der Waals surface area contributed by atoms with Crippen LogP contribution in [0, 0.1) is 0 Å². The molecule has 2 aliphatic rings. The van der Waals surface area contributed by atoms with E-state index in [0.717, 1.165) is 32.6 Å². The summed E-state index contributed by atoms with van der Waals surface area (Å²) in [6, 6.07) is 1.10. The maximum atomic E-state index is 4.66. The van der Waals surface area contributed by atoms with Gasteiger partial charge in [-0.05, 0) is 46.6 Å².